The molecule has 0 bridgehead atoms. The predicted octanol–water partition coefficient (Wildman–Crippen LogP) is 3.84. The smallest absolute Gasteiger partial charge is 0.251 e. The van der Waals surface area contributed by atoms with E-state index < -0.39 is 0 Å². The minimum absolute atomic E-state index is 0.482. The highest BCUT2D eigenvalue weighted by Crippen LogP contribution is 2.34. The SMILES string of the molecule is COc1ccccc1-c1nnc(CN2CC(C)CN(C)c3ccccc32)o1. The average molecular weight is 364 g/mol. The highest BCUT2D eigenvalue weighted by atomic mass is 16.5. The van der Waals surface area contributed by atoms with Crippen LogP contribution in [0.3, 0.4) is 0 Å². The van der Waals surface area contributed by atoms with Gasteiger partial charge in [-0.2, -0.15) is 0 Å². The van der Waals surface area contributed by atoms with Crippen LogP contribution in [0.25, 0.3) is 11.5 Å². The van der Waals surface area contributed by atoms with Gasteiger partial charge in [0.05, 0.1) is 30.6 Å². The molecule has 1 unspecified atom stereocenters. The second-order valence-corrected chi connectivity index (χ2v) is 7.06. The lowest BCUT2D eigenvalue weighted by Crippen LogP contribution is -2.29. The number of fused-ring (bicyclic) bond motifs is 1. The lowest BCUT2D eigenvalue weighted by molar-refractivity contribution is 0.413. The van der Waals surface area contributed by atoms with Gasteiger partial charge in [-0.25, -0.2) is 0 Å². The van der Waals surface area contributed by atoms with Gasteiger partial charge in [-0.05, 0) is 30.2 Å². The summed E-state index contributed by atoms with van der Waals surface area (Å²) in [5, 5.41) is 8.52. The Hall–Kier alpha value is -3.02. The van der Waals surface area contributed by atoms with E-state index in [0.717, 1.165) is 24.4 Å². The van der Waals surface area contributed by atoms with Crippen LogP contribution in [0.1, 0.15) is 12.8 Å². The molecule has 6 nitrogen and oxygen atoms in total. The van der Waals surface area contributed by atoms with Gasteiger partial charge >= 0.3 is 0 Å². The number of nitrogens with zero attached hydrogens (tertiary/aromatic N) is 4. The normalized spacial score (nSPS) is 16.8. The van der Waals surface area contributed by atoms with E-state index in [9.17, 15) is 0 Å². The van der Waals surface area contributed by atoms with Gasteiger partial charge in [0.25, 0.3) is 5.89 Å². The van der Waals surface area contributed by atoms with Gasteiger partial charge < -0.3 is 19.0 Å². The summed E-state index contributed by atoms with van der Waals surface area (Å²) in [6, 6.07) is 16.1. The summed E-state index contributed by atoms with van der Waals surface area (Å²) in [6.07, 6.45) is 0. The monoisotopic (exact) mass is 364 g/mol. The number of hydrogen-bond acceptors (Lipinski definition) is 6. The van der Waals surface area contributed by atoms with E-state index in [0.29, 0.717) is 24.2 Å². The molecule has 6 heteroatoms. The third-order valence-corrected chi connectivity index (χ3v) is 4.88. The Bertz CT molecular complexity index is 924. The summed E-state index contributed by atoms with van der Waals surface area (Å²) < 4.78 is 11.4. The van der Waals surface area contributed by atoms with Crippen molar-refractivity contribution in [1.29, 1.82) is 0 Å². The summed E-state index contributed by atoms with van der Waals surface area (Å²) in [5.41, 5.74) is 3.23. The zero-order valence-corrected chi connectivity index (χ0v) is 15.9. The Kier molecular flexibility index (Phi) is 4.71. The maximum atomic E-state index is 5.98. The number of anilines is 2. The average Bonchev–Trinajstić information content (AvgIpc) is 3.11. The zero-order valence-electron chi connectivity index (χ0n) is 15.9. The Balaban J connectivity index is 1.63. The molecule has 140 valence electrons. The van der Waals surface area contributed by atoms with Crippen LogP contribution >= 0.6 is 0 Å². The van der Waals surface area contributed by atoms with E-state index in [1.807, 2.05) is 24.3 Å². The second kappa shape index (κ2) is 7.31. The molecule has 1 atom stereocenters. The van der Waals surface area contributed by atoms with Crippen molar-refractivity contribution in [3.63, 3.8) is 0 Å². The molecule has 1 aliphatic rings. The molecule has 3 aromatic rings. The molecule has 1 aromatic heterocycles. The van der Waals surface area contributed by atoms with Crippen molar-refractivity contribution in [3.05, 3.63) is 54.4 Å². The molecule has 1 aliphatic heterocycles. The summed E-state index contributed by atoms with van der Waals surface area (Å²) in [5.74, 6) is 2.33. The number of ether oxygens (including phenoxy) is 1. The van der Waals surface area contributed by atoms with E-state index in [-0.39, 0.29) is 0 Å². The number of rotatable bonds is 4. The van der Waals surface area contributed by atoms with Crippen molar-refractivity contribution in [2.75, 3.05) is 37.0 Å². The molecule has 0 spiro atoms. The lowest BCUT2D eigenvalue weighted by Gasteiger charge is -2.24. The van der Waals surface area contributed by atoms with Gasteiger partial charge in [-0.15, -0.1) is 10.2 Å². The van der Waals surface area contributed by atoms with Gasteiger partial charge in [-0.3, -0.25) is 0 Å². The van der Waals surface area contributed by atoms with E-state index >= 15 is 0 Å². The first-order valence-corrected chi connectivity index (χ1v) is 9.16. The first-order chi connectivity index (χ1) is 13.2. The number of methoxy groups -OCH3 is 1. The highest BCUT2D eigenvalue weighted by molar-refractivity contribution is 5.72. The van der Waals surface area contributed by atoms with E-state index in [1.54, 1.807) is 7.11 Å². The third kappa shape index (κ3) is 3.47. The molecule has 0 amide bonds. The van der Waals surface area contributed by atoms with Gasteiger partial charge in [0, 0.05) is 20.1 Å². The molecule has 0 N–H and O–H groups in total. The molecule has 0 saturated carbocycles. The van der Waals surface area contributed by atoms with Crippen LogP contribution in [0.4, 0.5) is 11.4 Å². The van der Waals surface area contributed by atoms with Crippen LogP contribution in [0.15, 0.2) is 52.9 Å². The van der Waals surface area contributed by atoms with Gasteiger partial charge in [0.1, 0.15) is 5.75 Å². The minimum atomic E-state index is 0.482. The van der Waals surface area contributed by atoms with Crippen molar-refractivity contribution >= 4 is 11.4 Å². The molecule has 4 rings (SSSR count). The fraction of sp³-hybridized carbons (Fsp3) is 0.333. The maximum Gasteiger partial charge on any atom is 0.251 e. The predicted molar refractivity (Wildman–Crippen MR) is 106 cm³/mol. The highest BCUT2D eigenvalue weighted by Gasteiger charge is 2.24. The fourth-order valence-electron chi connectivity index (χ4n) is 3.71. The van der Waals surface area contributed by atoms with Crippen molar-refractivity contribution in [2.45, 2.75) is 13.5 Å². The van der Waals surface area contributed by atoms with Crippen LogP contribution in [0.5, 0.6) is 5.75 Å². The van der Waals surface area contributed by atoms with E-state index in [4.69, 9.17) is 9.15 Å². The minimum Gasteiger partial charge on any atom is -0.496 e. The Morgan fingerprint density at radius 3 is 2.59 bits per heavy atom. The summed E-state index contributed by atoms with van der Waals surface area (Å²) in [4.78, 5) is 4.64. The summed E-state index contributed by atoms with van der Waals surface area (Å²) >= 11 is 0. The second-order valence-electron chi connectivity index (χ2n) is 7.06. The fourth-order valence-corrected chi connectivity index (χ4v) is 3.71. The van der Waals surface area contributed by atoms with Crippen LogP contribution in [0.2, 0.25) is 0 Å². The quantitative estimate of drug-likeness (QED) is 0.701. The number of hydrogen-bond donors (Lipinski definition) is 0. The lowest BCUT2D eigenvalue weighted by atomic mass is 10.1. The molecular weight excluding hydrogens is 340 g/mol. The van der Waals surface area contributed by atoms with Gasteiger partial charge in [-0.1, -0.05) is 31.2 Å². The third-order valence-electron chi connectivity index (χ3n) is 4.88. The van der Waals surface area contributed by atoms with Crippen LogP contribution in [-0.2, 0) is 6.54 Å². The Morgan fingerprint density at radius 2 is 1.78 bits per heavy atom. The molecule has 0 aliphatic carbocycles. The summed E-state index contributed by atoms with van der Waals surface area (Å²) in [7, 11) is 3.79. The molecule has 0 radical (unpaired) electrons. The van der Waals surface area contributed by atoms with E-state index in [1.165, 1.54) is 11.4 Å². The van der Waals surface area contributed by atoms with Gasteiger partial charge in [0.2, 0.25) is 5.89 Å². The summed E-state index contributed by atoms with van der Waals surface area (Å²) in [6.45, 7) is 4.80. The van der Waals surface area contributed by atoms with Crippen LogP contribution < -0.4 is 14.5 Å². The van der Waals surface area contributed by atoms with Crippen molar-refractivity contribution in [3.8, 4) is 17.2 Å². The Morgan fingerprint density at radius 1 is 1.04 bits per heavy atom. The molecular formula is C21H24N4O2. The number of para-hydroxylation sites is 3. The van der Waals surface area contributed by atoms with E-state index in [2.05, 4.69) is 58.2 Å². The van der Waals surface area contributed by atoms with Crippen molar-refractivity contribution in [2.24, 2.45) is 5.92 Å². The first-order valence-electron chi connectivity index (χ1n) is 9.16. The Labute approximate surface area is 159 Å². The first kappa shape index (κ1) is 17.4. The largest absolute Gasteiger partial charge is 0.496 e. The van der Waals surface area contributed by atoms with Crippen molar-refractivity contribution < 1.29 is 9.15 Å². The molecule has 2 aromatic carbocycles. The van der Waals surface area contributed by atoms with Gasteiger partial charge in [0.15, 0.2) is 0 Å². The zero-order chi connectivity index (χ0) is 18.8. The molecule has 2 heterocycles. The maximum absolute atomic E-state index is 5.98. The number of aromatic nitrogens is 2. The molecule has 0 fully saturated rings. The van der Waals surface area contributed by atoms with Crippen LogP contribution in [-0.4, -0.2) is 37.4 Å². The molecule has 27 heavy (non-hydrogen) atoms. The van der Waals surface area contributed by atoms with Crippen LogP contribution in [0, 0.1) is 5.92 Å². The number of benzene rings is 2. The standard InChI is InChI=1S/C21H24N4O2/c1-15-12-24(2)17-9-5-6-10-18(17)25(13-15)14-20-22-23-21(27-20)16-8-4-7-11-19(16)26-3/h4-11,15H,12-14H2,1-3H3. The topological polar surface area (TPSA) is 54.6 Å². The molecule has 0 saturated heterocycles. The van der Waals surface area contributed by atoms with Crippen molar-refractivity contribution in [1.82, 2.24) is 10.2 Å².